The quantitative estimate of drug-likeness (QED) is 0.143. The number of amides is 4. The van der Waals surface area contributed by atoms with E-state index in [1.54, 1.807) is 53.1 Å². The zero-order valence-electron chi connectivity index (χ0n) is 29.7. The highest BCUT2D eigenvalue weighted by Gasteiger charge is 2.32. The SMILES string of the molecule is CCCCN(CCCC)C(=O)c1cc(C)n(-c2ccc(NC(=O)Nc3ccc(OC)cc3C)cc2C(=O)N2Cc3ccccc3C[C@H]2CO)n1. The van der Waals surface area contributed by atoms with Gasteiger partial charge in [0.2, 0.25) is 0 Å². The van der Waals surface area contributed by atoms with Gasteiger partial charge in [-0.05, 0) is 92.3 Å². The fourth-order valence-electron chi connectivity index (χ4n) is 6.30. The highest BCUT2D eigenvalue weighted by molar-refractivity contribution is 6.03. The predicted molar refractivity (Wildman–Crippen MR) is 195 cm³/mol. The summed E-state index contributed by atoms with van der Waals surface area (Å²) in [5.41, 5.74) is 5.68. The van der Waals surface area contributed by atoms with Gasteiger partial charge in [-0.1, -0.05) is 51.0 Å². The summed E-state index contributed by atoms with van der Waals surface area (Å²) < 4.78 is 6.90. The van der Waals surface area contributed by atoms with Crippen LogP contribution in [0.15, 0.2) is 66.7 Å². The Bertz CT molecular complexity index is 1830. The van der Waals surface area contributed by atoms with Crippen LogP contribution in [0.4, 0.5) is 16.2 Å². The summed E-state index contributed by atoms with van der Waals surface area (Å²) in [6.45, 7) is 9.35. The summed E-state index contributed by atoms with van der Waals surface area (Å²) in [7, 11) is 1.59. The van der Waals surface area contributed by atoms with Gasteiger partial charge in [0.1, 0.15) is 5.75 Å². The van der Waals surface area contributed by atoms with Crippen molar-refractivity contribution in [2.75, 3.05) is 37.4 Å². The Hall–Kier alpha value is -5.16. The Morgan fingerprint density at radius 1 is 0.940 bits per heavy atom. The van der Waals surface area contributed by atoms with E-state index in [-0.39, 0.29) is 24.0 Å². The van der Waals surface area contributed by atoms with Crippen molar-refractivity contribution in [1.29, 1.82) is 0 Å². The van der Waals surface area contributed by atoms with Gasteiger partial charge in [0.25, 0.3) is 11.8 Å². The van der Waals surface area contributed by atoms with Gasteiger partial charge in [-0.3, -0.25) is 9.59 Å². The molecular weight excluding hydrogens is 632 g/mol. The van der Waals surface area contributed by atoms with Crippen LogP contribution in [-0.2, 0) is 13.0 Å². The molecule has 11 heteroatoms. The van der Waals surface area contributed by atoms with E-state index in [4.69, 9.17) is 9.84 Å². The summed E-state index contributed by atoms with van der Waals surface area (Å²) in [5, 5.41) is 20.9. The third-order valence-corrected chi connectivity index (χ3v) is 9.18. The Balaban J connectivity index is 1.51. The zero-order chi connectivity index (χ0) is 35.8. The molecule has 0 radical (unpaired) electrons. The number of unbranched alkanes of at least 4 members (excludes halogenated alkanes) is 2. The van der Waals surface area contributed by atoms with Gasteiger partial charge < -0.3 is 30.3 Å². The van der Waals surface area contributed by atoms with E-state index >= 15 is 0 Å². The van der Waals surface area contributed by atoms with Crippen molar-refractivity contribution in [1.82, 2.24) is 19.6 Å². The first-order chi connectivity index (χ1) is 24.2. The average Bonchev–Trinajstić information content (AvgIpc) is 3.52. The smallest absolute Gasteiger partial charge is 0.323 e. The number of ether oxygens (including phenoxy) is 1. The first-order valence-electron chi connectivity index (χ1n) is 17.4. The second-order valence-electron chi connectivity index (χ2n) is 12.8. The molecular formula is C39H48N6O5. The van der Waals surface area contributed by atoms with E-state index in [0.29, 0.717) is 60.3 Å². The molecule has 1 atom stereocenters. The maximum Gasteiger partial charge on any atom is 0.323 e. The number of hydrogen-bond donors (Lipinski definition) is 3. The van der Waals surface area contributed by atoms with Crippen LogP contribution in [0.3, 0.4) is 0 Å². The van der Waals surface area contributed by atoms with Gasteiger partial charge in [0.05, 0.1) is 31.0 Å². The normalized spacial score (nSPS) is 13.8. The zero-order valence-corrected chi connectivity index (χ0v) is 29.7. The van der Waals surface area contributed by atoms with E-state index in [9.17, 15) is 19.5 Å². The monoisotopic (exact) mass is 680 g/mol. The predicted octanol–water partition coefficient (Wildman–Crippen LogP) is 6.74. The minimum absolute atomic E-state index is 0.140. The van der Waals surface area contributed by atoms with Crippen LogP contribution in [-0.4, -0.2) is 75.4 Å². The van der Waals surface area contributed by atoms with Crippen LogP contribution in [0, 0.1) is 13.8 Å². The molecule has 0 saturated carbocycles. The highest BCUT2D eigenvalue weighted by atomic mass is 16.5. The lowest BCUT2D eigenvalue weighted by molar-refractivity contribution is 0.0544. The van der Waals surface area contributed by atoms with Crippen LogP contribution in [0.5, 0.6) is 5.75 Å². The lowest BCUT2D eigenvalue weighted by Gasteiger charge is -2.36. The number of urea groups is 1. The molecule has 3 N–H and O–H groups in total. The number of hydrogen-bond acceptors (Lipinski definition) is 6. The molecule has 1 aliphatic heterocycles. The van der Waals surface area contributed by atoms with Crippen molar-refractivity contribution in [3.63, 3.8) is 0 Å². The van der Waals surface area contributed by atoms with Crippen LogP contribution in [0.1, 0.15) is 82.8 Å². The minimum Gasteiger partial charge on any atom is -0.497 e. The number of benzene rings is 3. The molecule has 11 nitrogen and oxygen atoms in total. The Morgan fingerprint density at radius 3 is 2.32 bits per heavy atom. The highest BCUT2D eigenvalue weighted by Crippen LogP contribution is 2.29. The van der Waals surface area contributed by atoms with E-state index < -0.39 is 12.1 Å². The molecule has 50 heavy (non-hydrogen) atoms. The maximum absolute atomic E-state index is 14.6. The molecule has 1 aliphatic rings. The van der Waals surface area contributed by atoms with Crippen molar-refractivity contribution in [3.8, 4) is 11.4 Å². The number of aryl methyl sites for hydroxylation is 2. The number of aliphatic hydroxyl groups excluding tert-OH is 1. The summed E-state index contributed by atoms with van der Waals surface area (Å²) in [6.07, 6.45) is 4.27. The molecule has 0 bridgehead atoms. The molecule has 0 fully saturated rings. The average molecular weight is 681 g/mol. The summed E-state index contributed by atoms with van der Waals surface area (Å²) in [4.78, 5) is 45.0. The lowest BCUT2D eigenvalue weighted by atomic mass is 9.93. The molecule has 0 saturated heterocycles. The number of rotatable bonds is 13. The number of carbonyl (C=O) groups excluding carboxylic acids is 3. The van der Waals surface area contributed by atoms with Crippen molar-refractivity contribution in [2.45, 2.75) is 72.4 Å². The molecule has 5 rings (SSSR count). The summed E-state index contributed by atoms with van der Waals surface area (Å²) >= 11 is 0. The third-order valence-electron chi connectivity index (χ3n) is 9.18. The third kappa shape index (κ3) is 8.16. The standard InChI is InChI=1S/C39H48N6O5/c1-6-8-18-43(19-9-7-2)38(48)35-21-27(4)45(42-35)36-17-14-30(40-39(49)41-34-16-15-32(50-5)20-26(34)3)23-33(36)37(47)44-24-29-13-11-10-12-28(29)22-31(44)25-46/h10-17,20-21,23,31,46H,6-9,18-19,22,24-25H2,1-5H3,(H2,40,41,49)/t31-/m0/s1. The molecule has 1 aromatic heterocycles. The molecule has 264 valence electrons. The van der Waals surface area contributed by atoms with E-state index in [1.165, 1.54) is 0 Å². The van der Waals surface area contributed by atoms with Crippen molar-refractivity contribution in [3.05, 3.63) is 100 Å². The minimum atomic E-state index is -0.480. The topological polar surface area (TPSA) is 129 Å². The van der Waals surface area contributed by atoms with Crippen LogP contribution >= 0.6 is 0 Å². The molecule has 2 heterocycles. The van der Waals surface area contributed by atoms with Gasteiger partial charge in [-0.15, -0.1) is 0 Å². The number of nitrogens with one attached hydrogen (secondary N) is 2. The fourth-order valence-corrected chi connectivity index (χ4v) is 6.30. The molecule has 3 aromatic carbocycles. The molecule has 0 spiro atoms. The van der Waals surface area contributed by atoms with Gasteiger partial charge in [-0.2, -0.15) is 5.10 Å². The van der Waals surface area contributed by atoms with Gasteiger partial charge in [0.15, 0.2) is 5.69 Å². The molecule has 4 amide bonds. The van der Waals surface area contributed by atoms with Gasteiger partial charge >= 0.3 is 6.03 Å². The van der Waals surface area contributed by atoms with Crippen molar-refractivity contribution < 1.29 is 24.2 Å². The first-order valence-corrected chi connectivity index (χ1v) is 17.4. The molecule has 0 unspecified atom stereocenters. The second kappa shape index (κ2) is 16.5. The fraction of sp³-hybridized carbons (Fsp3) is 0.385. The number of methoxy groups -OCH3 is 1. The van der Waals surface area contributed by atoms with Gasteiger partial charge in [0, 0.05) is 36.7 Å². The maximum atomic E-state index is 14.6. The van der Waals surface area contributed by atoms with Crippen LogP contribution in [0.2, 0.25) is 0 Å². The van der Waals surface area contributed by atoms with Crippen LogP contribution < -0.4 is 15.4 Å². The first kappa shape index (κ1) is 36.1. The number of fused-ring (bicyclic) bond motifs is 1. The van der Waals surface area contributed by atoms with Crippen molar-refractivity contribution in [2.24, 2.45) is 0 Å². The van der Waals surface area contributed by atoms with E-state index in [2.05, 4.69) is 24.5 Å². The largest absolute Gasteiger partial charge is 0.497 e. The van der Waals surface area contributed by atoms with Crippen molar-refractivity contribution >= 4 is 29.2 Å². The summed E-state index contributed by atoms with van der Waals surface area (Å²) in [5.74, 6) is 0.222. The molecule has 4 aromatic rings. The van der Waals surface area contributed by atoms with Gasteiger partial charge in [-0.25, -0.2) is 9.48 Å². The lowest BCUT2D eigenvalue weighted by Crippen LogP contribution is -2.46. The van der Waals surface area contributed by atoms with E-state index in [1.807, 2.05) is 49.1 Å². The Morgan fingerprint density at radius 2 is 1.66 bits per heavy atom. The second-order valence-corrected chi connectivity index (χ2v) is 12.8. The number of aromatic nitrogens is 2. The number of anilines is 2. The molecule has 0 aliphatic carbocycles. The Labute approximate surface area is 294 Å². The summed E-state index contributed by atoms with van der Waals surface area (Å²) in [6, 6.07) is 19.2. The number of nitrogens with zero attached hydrogens (tertiary/aromatic N) is 4. The number of aliphatic hydroxyl groups is 1. The van der Waals surface area contributed by atoms with E-state index in [0.717, 1.165) is 42.4 Å². The Kier molecular flexibility index (Phi) is 11.9. The number of carbonyl (C=O) groups is 3. The van der Waals surface area contributed by atoms with Crippen LogP contribution in [0.25, 0.3) is 5.69 Å².